The second-order valence-electron chi connectivity index (χ2n) is 7.64. The first-order chi connectivity index (χ1) is 15.8. The Morgan fingerprint density at radius 2 is 1.67 bits per heavy atom. The number of anilines is 1. The van der Waals surface area contributed by atoms with Gasteiger partial charge in [-0.1, -0.05) is 48.0 Å². The molecule has 33 heavy (non-hydrogen) atoms. The second kappa shape index (κ2) is 9.26. The molecule has 166 valence electrons. The van der Waals surface area contributed by atoms with Crippen molar-refractivity contribution in [2.24, 2.45) is 0 Å². The number of non-ortho nitro benzene ring substituents is 1. The van der Waals surface area contributed by atoms with Gasteiger partial charge in [-0.25, -0.2) is 0 Å². The zero-order valence-electron chi connectivity index (χ0n) is 17.7. The van der Waals surface area contributed by atoms with Gasteiger partial charge in [0, 0.05) is 29.4 Å². The Morgan fingerprint density at radius 3 is 2.30 bits per heavy atom. The Bertz CT molecular complexity index is 1270. The molecule has 4 rings (SSSR count). The number of nitrogens with zero attached hydrogens (tertiary/aromatic N) is 2. The number of nitro groups is 1. The van der Waals surface area contributed by atoms with Crippen LogP contribution in [0.5, 0.6) is 0 Å². The summed E-state index contributed by atoms with van der Waals surface area (Å²) in [5.74, 6) is -0.911. The first-order valence-electron chi connectivity index (χ1n) is 10.3. The van der Waals surface area contributed by atoms with Crippen molar-refractivity contribution in [3.8, 4) is 0 Å². The Labute approximate surface area is 195 Å². The molecule has 0 spiro atoms. The van der Waals surface area contributed by atoms with Crippen LogP contribution in [-0.4, -0.2) is 28.2 Å². The van der Waals surface area contributed by atoms with Crippen molar-refractivity contribution >= 4 is 40.4 Å². The summed E-state index contributed by atoms with van der Waals surface area (Å²) >= 11 is 6.23. The van der Waals surface area contributed by atoms with Gasteiger partial charge in [0.2, 0.25) is 0 Å². The Kier molecular flexibility index (Phi) is 6.24. The number of nitrogens with one attached hydrogen (secondary N) is 1. The zero-order chi connectivity index (χ0) is 23.5. The molecule has 0 saturated heterocycles. The van der Waals surface area contributed by atoms with Gasteiger partial charge in [-0.05, 0) is 54.3 Å². The topological polar surface area (TPSA) is 92.6 Å². The summed E-state index contributed by atoms with van der Waals surface area (Å²) in [6, 6.07) is 20.4. The third kappa shape index (κ3) is 4.63. The van der Waals surface area contributed by atoms with Crippen molar-refractivity contribution < 1.29 is 14.5 Å². The summed E-state index contributed by atoms with van der Waals surface area (Å²) in [6.07, 6.45) is 0.509. The Hall–Kier alpha value is -3.97. The van der Waals surface area contributed by atoms with Crippen molar-refractivity contribution in [2.45, 2.75) is 13.3 Å². The summed E-state index contributed by atoms with van der Waals surface area (Å²) < 4.78 is 0. The molecule has 0 fully saturated rings. The lowest BCUT2D eigenvalue weighted by molar-refractivity contribution is -0.384. The van der Waals surface area contributed by atoms with Crippen LogP contribution in [0, 0.1) is 17.0 Å². The van der Waals surface area contributed by atoms with Crippen LogP contribution in [0.15, 0.2) is 78.5 Å². The molecule has 1 N–H and O–H groups in total. The normalized spacial score (nSPS) is 13.6. The van der Waals surface area contributed by atoms with Crippen molar-refractivity contribution in [2.75, 3.05) is 11.9 Å². The number of benzene rings is 3. The van der Waals surface area contributed by atoms with Crippen molar-refractivity contribution in [1.82, 2.24) is 4.90 Å². The van der Waals surface area contributed by atoms with Gasteiger partial charge in [-0.3, -0.25) is 24.6 Å². The van der Waals surface area contributed by atoms with E-state index in [2.05, 4.69) is 5.32 Å². The number of carbonyl (C=O) groups is 2. The predicted octanol–water partition coefficient (Wildman–Crippen LogP) is 4.99. The molecule has 8 heteroatoms. The summed E-state index contributed by atoms with van der Waals surface area (Å²) in [5, 5.41) is 14.6. The molecule has 0 atom stereocenters. The minimum Gasteiger partial charge on any atom is -0.350 e. The quantitative estimate of drug-likeness (QED) is 0.304. The molecule has 0 aromatic heterocycles. The van der Waals surface area contributed by atoms with Gasteiger partial charge < -0.3 is 5.32 Å². The van der Waals surface area contributed by atoms with Crippen LogP contribution in [0.3, 0.4) is 0 Å². The predicted molar refractivity (Wildman–Crippen MR) is 127 cm³/mol. The minimum absolute atomic E-state index is 0.100. The average molecular weight is 462 g/mol. The number of imide groups is 1. The molecule has 0 bridgehead atoms. The Morgan fingerprint density at radius 1 is 0.970 bits per heavy atom. The van der Waals surface area contributed by atoms with E-state index < -0.39 is 16.7 Å². The summed E-state index contributed by atoms with van der Waals surface area (Å²) in [5.41, 5.74) is 3.04. The van der Waals surface area contributed by atoms with E-state index in [4.69, 9.17) is 11.6 Å². The third-order valence-electron chi connectivity index (χ3n) is 5.44. The summed E-state index contributed by atoms with van der Waals surface area (Å²) in [7, 11) is 0. The maximum atomic E-state index is 13.3. The van der Waals surface area contributed by atoms with E-state index in [-0.39, 0.29) is 23.5 Å². The third-order valence-corrected chi connectivity index (χ3v) is 5.85. The molecule has 2 amide bonds. The molecule has 1 aliphatic rings. The van der Waals surface area contributed by atoms with Gasteiger partial charge in [-0.15, -0.1) is 0 Å². The highest BCUT2D eigenvalue weighted by molar-refractivity contribution is 6.36. The molecule has 0 radical (unpaired) electrons. The van der Waals surface area contributed by atoms with Gasteiger partial charge in [0.15, 0.2) is 0 Å². The lowest BCUT2D eigenvalue weighted by Gasteiger charge is -2.15. The SMILES string of the molecule is Cc1ccc(NC2=C(c3ccc([N+](=O)[O-])cc3)C(=O)N(CCc3ccccc3)C2=O)cc1Cl. The van der Waals surface area contributed by atoms with Crippen LogP contribution in [0.25, 0.3) is 5.57 Å². The summed E-state index contributed by atoms with van der Waals surface area (Å²) in [6.45, 7) is 2.07. The minimum atomic E-state index is -0.514. The highest BCUT2D eigenvalue weighted by Gasteiger charge is 2.39. The number of nitro benzene ring substituents is 1. The van der Waals surface area contributed by atoms with E-state index in [1.165, 1.54) is 29.2 Å². The molecule has 0 unspecified atom stereocenters. The van der Waals surface area contributed by atoms with Crippen molar-refractivity contribution in [1.29, 1.82) is 0 Å². The van der Waals surface area contributed by atoms with Gasteiger partial charge in [0.25, 0.3) is 17.5 Å². The fraction of sp³-hybridized carbons (Fsp3) is 0.120. The molecule has 3 aromatic carbocycles. The highest BCUT2D eigenvalue weighted by Crippen LogP contribution is 2.32. The van der Waals surface area contributed by atoms with Crippen LogP contribution < -0.4 is 5.32 Å². The van der Waals surface area contributed by atoms with E-state index in [0.717, 1.165) is 11.1 Å². The molecular weight excluding hydrogens is 442 g/mol. The van der Waals surface area contributed by atoms with Gasteiger partial charge in [-0.2, -0.15) is 0 Å². The van der Waals surface area contributed by atoms with Crippen molar-refractivity contribution in [3.05, 3.63) is 110 Å². The fourth-order valence-corrected chi connectivity index (χ4v) is 3.79. The smallest absolute Gasteiger partial charge is 0.278 e. The van der Waals surface area contributed by atoms with Gasteiger partial charge in [0.05, 0.1) is 10.5 Å². The largest absolute Gasteiger partial charge is 0.350 e. The average Bonchev–Trinajstić information content (AvgIpc) is 3.04. The van der Waals surface area contributed by atoms with E-state index in [1.807, 2.05) is 43.3 Å². The van der Waals surface area contributed by atoms with Gasteiger partial charge >= 0.3 is 0 Å². The van der Waals surface area contributed by atoms with Gasteiger partial charge in [0.1, 0.15) is 5.70 Å². The molecule has 1 aliphatic heterocycles. The molecule has 0 aliphatic carbocycles. The maximum Gasteiger partial charge on any atom is 0.278 e. The van der Waals surface area contributed by atoms with Crippen LogP contribution in [0.2, 0.25) is 5.02 Å². The Balaban J connectivity index is 1.69. The van der Waals surface area contributed by atoms with Crippen LogP contribution >= 0.6 is 11.6 Å². The van der Waals surface area contributed by atoms with E-state index in [1.54, 1.807) is 12.1 Å². The number of carbonyl (C=O) groups excluding carboxylic acids is 2. The number of hydrogen-bond acceptors (Lipinski definition) is 5. The number of amides is 2. The number of aryl methyl sites for hydroxylation is 1. The number of rotatable bonds is 7. The van der Waals surface area contributed by atoms with Crippen LogP contribution in [0.1, 0.15) is 16.7 Å². The summed E-state index contributed by atoms with van der Waals surface area (Å²) in [4.78, 5) is 38.3. The fourth-order valence-electron chi connectivity index (χ4n) is 3.61. The number of halogens is 1. The van der Waals surface area contributed by atoms with Crippen molar-refractivity contribution in [3.63, 3.8) is 0 Å². The van der Waals surface area contributed by atoms with Crippen LogP contribution in [0.4, 0.5) is 11.4 Å². The molecule has 1 heterocycles. The molecule has 3 aromatic rings. The first-order valence-corrected chi connectivity index (χ1v) is 10.7. The lowest BCUT2D eigenvalue weighted by Crippen LogP contribution is -2.34. The monoisotopic (exact) mass is 461 g/mol. The van der Waals surface area contributed by atoms with Crippen LogP contribution in [-0.2, 0) is 16.0 Å². The second-order valence-corrected chi connectivity index (χ2v) is 8.05. The highest BCUT2D eigenvalue weighted by atomic mass is 35.5. The van der Waals surface area contributed by atoms with E-state index >= 15 is 0 Å². The number of hydrogen-bond donors (Lipinski definition) is 1. The van der Waals surface area contributed by atoms with E-state index in [0.29, 0.717) is 22.7 Å². The molecule has 7 nitrogen and oxygen atoms in total. The first kappa shape index (κ1) is 22.2. The standard InChI is InChI=1S/C25H20ClN3O4/c1-16-7-10-19(15-21(16)26)27-23-22(18-8-11-20(12-9-18)29(32)33)24(30)28(25(23)31)14-13-17-5-3-2-4-6-17/h2-12,15,27H,13-14H2,1H3. The van der Waals surface area contributed by atoms with E-state index in [9.17, 15) is 19.7 Å². The molecular formula is C25H20ClN3O4. The lowest BCUT2D eigenvalue weighted by atomic mass is 10.0. The zero-order valence-corrected chi connectivity index (χ0v) is 18.5. The molecule has 0 saturated carbocycles. The maximum absolute atomic E-state index is 13.3.